The minimum absolute atomic E-state index is 0.0830. The average molecular weight is 553 g/mol. The number of H-pyrrole nitrogens is 1. The molecule has 1 aromatic carbocycles. The zero-order chi connectivity index (χ0) is 27.9. The van der Waals surface area contributed by atoms with Gasteiger partial charge in [-0.05, 0) is 55.1 Å². The SMILES string of the molecule is COc1cc(Cl)c2[nH]c(C(=O)N3CC4(CCCCC4)CC3C(=O)N[C@H](C#N)C[C@@H]3CC(C)(C)CC3=O)cc2c1. The van der Waals surface area contributed by atoms with Crippen LogP contribution < -0.4 is 10.1 Å². The summed E-state index contributed by atoms with van der Waals surface area (Å²) in [4.78, 5) is 44.9. The van der Waals surface area contributed by atoms with E-state index in [9.17, 15) is 19.6 Å². The Morgan fingerprint density at radius 2 is 1.97 bits per heavy atom. The molecule has 1 aliphatic heterocycles. The molecule has 3 atom stereocenters. The van der Waals surface area contributed by atoms with E-state index in [-0.39, 0.29) is 34.3 Å². The summed E-state index contributed by atoms with van der Waals surface area (Å²) in [6.45, 7) is 4.62. The first kappa shape index (κ1) is 27.5. The molecule has 1 unspecified atom stereocenters. The lowest BCUT2D eigenvalue weighted by Crippen LogP contribution is -2.49. The summed E-state index contributed by atoms with van der Waals surface area (Å²) in [5, 5.41) is 14.0. The van der Waals surface area contributed by atoms with Gasteiger partial charge in [-0.25, -0.2) is 0 Å². The number of aromatic nitrogens is 1. The number of ketones is 1. The summed E-state index contributed by atoms with van der Waals surface area (Å²) >= 11 is 6.43. The highest BCUT2D eigenvalue weighted by atomic mass is 35.5. The molecule has 0 radical (unpaired) electrons. The first-order valence-corrected chi connectivity index (χ1v) is 14.3. The monoisotopic (exact) mass is 552 g/mol. The Labute approximate surface area is 234 Å². The van der Waals surface area contributed by atoms with Crippen molar-refractivity contribution in [2.45, 2.75) is 83.7 Å². The quantitative estimate of drug-likeness (QED) is 0.498. The number of hydrogen-bond acceptors (Lipinski definition) is 5. The Balaban J connectivity index is 1.38. The van der Waals surface area contributed by atoms with Gasteiger partial charge in [0.25, 0.3) is 5.91 Å². The Kier molecular flexibility index (Phi) is 7.41. The number of likely N-dealkylation sites (tertiary alicyclic amines) is 1. The Morgan fingerprint density at radius 1 is 1.23 bits per heavy atom. The number of Topliss-reactive ketones (excluding diaryl/α,β-unsaturated/α-hetero) is 1. The molecule has 8 nitrogen and oxygen atoms in total. The van der Waals surface area contributed by atoms with Gasteiger partial charge >= 0.3 is 0 Å². The highest BCUT2D eigenvalue weighted by Gasteiger charge is 2.49. The average Bonchev–Trinajstić information content (AvgIpc) is 3.56. The number of ether oxygens (including phenoxy) is 1. The second kappa shape index (κ2) is 10.5. The van der Waals surface area contributed by atoms with Gasteiger partial charge in [0, 0.05) is 30.3 Å². The molecule has 1 aromatic heterocycles. The summed E-state index contributed by atoms with van der Waals surface area (Å²) in [6, 6.07) is 5.99. The van der Waals surface area contributed by atoms with E-state index in [1.54, 1.807) is 24.1 Å². The fourth-order valence-corrected chi connectivity index (χ4v) is 7.37. The van der Waals surface area contributed by atoms with Crippen LogP contribution >= 0.6 is 11.6 Å². The Bertz CT molecular complexity index is 1340. The molecule has 2 saturated carbocycles. The van der Waals surface area contributed by atoms with Gasteiger partial charge in [0.1, 0.15) is 29.3 Å². The van der Waals surface area contributed by atoms with Crippen molar-refractivity contribution in [2.24, 2.45) is 16.7 Å². The standard InChI is InChI=1S/C30H37ClN4O4/c1-29(2)13-19(25(36)15-29)9-20(16-32)33-27(37)24-14-30(7-5-4-6-8-30)17-35(24)28(38)23-11-18-10-21(39-3)12-22(31)26(18)34-23/h10-12,19-20,24,34H,4-9,13-15,17H2,1-3H3,(H,33,37)/t19-,20+,24?/m1/s1. The number of rotatable bonds is 6. The number of carbonyl (C=O) groups is 3. The Morgan fingerprint density at radius 3 is 2.62 bits per heavy atom. The van der Waals surface area contributed by atoms with Gasteiger partial charge in [-0.15, -0.1) is 0 Å². The highest BCUT2D eigenvalue weighted by Crippen LogP contribution is 2.47. The molecule has 2 N–H and O–H groups in total. The van der Waals surface area contributed by atoms with Gasteiger partial charge in [-0.2, -0.15) is 5.26 Å². The molecular weight excluding hydrogens is 516 g/mol. The molecule has 1 saturated heterocycles. The summed E-state index contributed by atoms with van der Waals surface area (Å²) in [7, 11) is 1.56. The zero-order valence-electron chi connectivity index (χ0n) is 22.9. The van der Waals surface area contributed by atoms with Crippen molar-refractivity contribution in [2.75, 3.05) is 13.7 Å². The molecule has 3 aliphatic rings. The largest absolute Gasteiger partial charge is 0.497 e. The van der Waals surface area contributed by atoms with E-state index in [1.165, 1.54) is 0 Å². The van der Waals surface area contributed by atoms with Gasteiger partial charge in [-0.3, -0.25) is 14.4 Å². The van der Waals surface area contributed by atoms with Crippen molar-refractivity contribution >= 4 is 40.1 Å². The van der Waals surface area contributed by atoms with E-state index in [4.69, 9.17) is 16.3 Å². The van der Waals surface area contributed by atoms with Crippen LogP contribution in [0.3, 0.4) is 0 Å². The highest BCUT2D eigenvalue weighted by molar-refractivity contribution is 6.35. The van der Waals surface area contributed by atoms with Crippen molar-refractivity contribution in [3.05, 3.63) is 28.9 Å². The Hall–Kier alpha value is -3.05. The molecular formula is C30H37ClN4O4. The maximum atomic E-state index is 13.9. The smallest absolute Gasteiger partial charge is 0.271 e. The normalized spacial score (nSPS) is 24.6. The van der Waals surface area contributed by atoms with Crippen LogP contribution in [0.15, 0.2) is 18.2 Å². The number of halogens is 1. The number of hydrogen-bond donors (Lipinski definition) is 2. The van der Waals surface area contributed by atoms with Crippen molar-refractivity contribution in [1.82, 2.24) is 15.2 Å². The maximum Gasteiger partial charge on any atom is 0.271 e. The molecule has 2 heterocycles. The summed E-state index contributed by atoms with van der Waals surface area (Å²) in [5.41, 5.74) is 0.819. The lowest BCUT2D eigenvalue weighted by Gasteiger charge is -2.32. The number of methoxy groups -OCH3 is 1. The second-order valence-electron chi connectivity index (χ2n) is 12.6. The fourth-order valence-electron chi connectivity index (χ4n) is 7.11. The van der Waals surface area contributed by atoms with E-state index < -0.39 is 12.1 Å². The van der Waals surface area contributed by atoms with Crippen molar-refractivity contribution in [3.63, 3.8) is 0 Å². The third-order valence-corrected chi connectivity index (χ3v) is 9.30. The lowest BCUT2D eigenvalue weighted by molar-refractivity contribution is -0.126. The molecule has 2 aromatic rings. The lowest BCUT2D eigenvalue weighted by atomic mass is 9.72. The third-order valence-electron chi connectivity index (χ3n) is 9.01. The van der Waals surface area contributed by atoms with Crippen LogP contribution in [0.2, 0.25) is 5.02 Å². The summed E-state index contributed by atoms with van der Waals surface area (Å²) < 4.78 is 5.32. The van der Waals surface area contributed by atoms with E-state index in [1.807, 2.05) is 6.07 Å². The number of amides is 2. The molecule has 39 heavy (non-hydrogen) atoms. The number of carbonyl (C=O) groups excluding carboxylic acids is 3. The van der Waals surface area contributed by atoms with E-state index in [2.05, 4.69) is 30.2 Å². The van der Waals surface area contributed by atoms with Crippen LogP contribution in [0, 0.1) is 28.1 Å². The molecule has 9 heteroatoms. The fraction of sp³-hybridized carbons (Fsp3) is 0.600. The van der Waals surface area contributed by atoms with Crippen LogP contribution in [0.1, 0.15) is 82.1 Å². The summed E-state index contributed by atoms with van der Waals surface area (Å²) in [5.74, 6) is -0.0637. The van der Waals surface area contributed by atoms with E-state index in [0.717, 1.165) is 37.5 Å². The van der Waals surface area contributed by atoms with Crippen LogP contribution in [0.25, 0.3) is 10.9 Å². The number of benzene rings is 1. The summed E-state index contributed by atoms with van der Waals surface area (Å²) in [6.07, 6.45) is 7.37. The molecule has 1 spiro atoms. The van der Waals surface area contributed by atoms with Crippen molar-refractivity contribution < 1.29 is 19.1 Å². The van der Waals surface area contributed by atoms with E-state index >= 15 is 0 Å². The molecule has 208 valence electrons. The maximum absolute atomic E-state index is 13.9. The van der Waals surface area contributed by atoms with Crippen LogP contribution in [0.4, 0.5) is 0 Å². The number of nitrogens with one attached hydrogen (secondary N) is 2. The minimum atomic E-state index is -0.778. The van der Waals surface area contributed by atoms with Crippen LogP contribution in [-0.4, -0.2) is 53.2 Å². The predicted octanol–water partition coefficient (Wildman–Crippen LogP) is 5.40. The van der Waals surface area contributed by atoms with E-state index in [0.29, 0.717) is 54.2 Å². The molecule has 2 amide bonds. The van der Waals surface area contributed by atoms with Gasteiger partial charge in [0.15, 0.2) is 0 Å². The number of nitrogens with zero attached hydrogens (tertiary/aromatic N) is 2. The minimum Gasteiger partial charge on any atom is -0.497 e. The zero-order valence-corrected chi connectivity index (χ0v) is 23.7. The predicted molar refractivity (Wildman–Crippen MR) is 148 cm³/mol. The molecule has 2 aliphatic carbocycles. The molecule has 0 bridgehead atoms. The molecule has 5 rings (SSSR count). The van der Waals surface area contributed by atoms with Crippen LogP contribution in [-0.2, 0) is 9.59 Å². The number of nitriles is 1. The first-order chi connectivity index (χ1) is 18.5. The number of fused-ring (bicyclic) bond motifs is 1. The van der Waals surface area contributed by atoms with Gasteiger partial charge < -0.3 is 19.9 Å². The topological polar surface area (TPSA) is 115 Å². The third kappa shape index (κ3) is 5.51. The van der Waals surface area contributed by atoms with Crippen molar-refractivity contribution in [3.8, 4) is 11.8 Å². The van der Waals surface area contributed by atoms with Gasteiger partial charge in [0.2, 0.25) is 5.91 Å². The van der Waals surface area contributed by atoms with Gasteiger partial charge in [-0.1, -0.05) is 44.7 Å². The second-order valence-corrected chi connectivity index (χ2v) is 13.0. The van der Waals surface area contributed by atoms with Gasteiger partial charge in [0.05, 0.1) is 23.7 Å². The number of aromatic amines is 1. The molecule has 3 fully saturated rings. The van der Waals surface area contributed by atoms with Crippen molar-refractivity contribution in [1.29, 1.82) is 5.26 Å². The van der Waals surface area contributed by atoms with Crippen LogP contribution in [0.5, 0.6) is 5.75 Å². The first-order valence-electron chi connectivity index (χ1n) is 13.9.